The van der Waals surface area contributed by atoms with Gasteiger partial charge in [-0.25, -0.2) is 0 Å². The molecule has 0 aliphatic rings. The minimum Gasteiger partial charge on any atom is -0.397 e. The second-order valence-corrected chi connectivity index (χ2v) is 4.36. The van der Waals surface area contributed by atoms with Crippen molar-refractivity contribution < 1.29 is 0 Å². The van der Waals surface area contributed by atoms with Crippen LogP contribution in [0.2, 0.25) is 0 Å². The average molecular weight is 226 g/mol. The molecule has 2 N–H and O–H groups in total. The largest absolute Gasteiger partial charge is 0.397 e. The number of hydrogen-bond donors (Lipinski definition) is 1. The summed E-state index contributed by atoms with van der Waals surface area (Å²) in [5.74, 6) is 0. The van der Waals surface area contributed by atoms with Crippen molar-refractivity contribution in [3.63, 3.8) is 0 Å². The first-order chi connectivity index (χ1) is 8.11. The van der Waals surface area contributed by atoms with E-state index in [-0.39, 0.29) is 0 Å². The Morgan fingerprint density at radius 3 is 2.18 bits per heavy atom. The van der Waals surface area contributed by atoms with Crippen LogP contribution in [0.5, 0.6) is 0 Å². The lowest BCUT2D eigenvalue weighted by Gasteiger charge is -2.24. The van der Waals surface area contributed by atoms with Crippen LogP contribution in [0.4, 0.5) is 17.1 Å². The van der Waals surface area contributed by atoms with Gasteiger partial charge >= 0.3 is 0 Å². The number of nitrogens with zero attached hydrogens (tertiary/aromatic N) is 1. The summed E-state index contributed by atoms with van der Waals surface area (Å²) < 4.78 is 0. The number of aryl methyl sites for hydroxylation is 2. The quantitative estimate of drug-likeness (QED) is 0.792. The molecular formula is C15H18N2. The van der Waals surface area contributed by atoms with Crippen molar-refractivity contribution in [2.24, 2.45) is 0 Å². The third kappa shape index (κ3) is 2.11. The van der Waals surface area contributed by atoms with Gasteiger partial charge < -0.3 is 10.6 Å². The Kier molecular flexibility index (Phi) is 3.05. The van der Waals surface area contributed by atoms with E-state index in [1.165, 1.54) is 16.8 Å². The van der Waals surface area contributed by atoms with Gasteiger partial charge in [0, 0.05) is 12.7 Å². The molecule has 2 nitrogen and oxygen atoms in total. The molecule has 0 bridgehead atoms. The van der Waals surface area contributed by atoms with Crippen molar-refractivity contribution in [2.75, 3.05) is 17.7 Å². The first-order valence-electron chi connectivity index (χ1n) is 5.75. The molecule has 0 atom stereocenters. The molecule has 2 heteroatoms. The van der Waals surface area contributed by atoms with E-state index in [1.54, 1.807) is 0 Å². The number of anilines is 3. The van der Waals surface area contributed by atoms with Crippen LogP contribution in [-0.4, -0.2) is 7.05 Å². The summed E-state index contributed by atoms with van der Waals surface area (Å²) in [6.07, 6.45) is 0. The Morgan fingerprint density at radius 2 is 1.53 bits per heavy atom. The summed E-state index contributed by atoms with van der Waals surface area (Å²) >= 11 is 0. The fraction of sp³-hybridized carbons (Fsp3) is 0.200. The van der Waals surface area contributed by atoms with Crippen molar-refractivity contribution in [1.29, 1.82) is 0 Å². The SMILES string of the molecule is Cc1ccccc1N(C)c1c(C)cccc1N. The van der Waals surface area contributed by atoms with Crippen molar-refractivity contribution in [3.05, 3.63) is 53.6 Å². The highest BCUT2D eigenvalue weighted by Crippen LogP contribution is 2.33. The second-order valence-electron chi connectivity index (χ2n) is 4.36. The lowest BCUT2D eigenvalue weighted by Crippen LogP contribution is -2.14. The van der Waals surface area contributed by atoms with Gasteiger partial charge in [0.2, 0.25) is 0 Å². The summed E-state index contributed by atoms with van der Waals surface area (Å²) in [4.78, 5) is 2.15. The molecule has 0 heterocycles. The van der Waals surface area contributed by atoms with Gasteiger partial charge in [-0.1, -0.05) is 30.3 Å². The number of nitrogen functional groups attached to an aromatic ring is 1. The Morgan fingerprint density at radius 1 is 0.882 bits per heavy atom. The van der Waals surface area contributed by atoms with Gasteiger partial charge in [-0.05, 0) is 37.1 Å². The van der Waals surface area contributed by atoms with Gasteiger partial charge in [-0.3, -0.25) is 0 Å². The van der Waals surface area contributed by atoms with Crippen LogP contribution in [0.1, 0.15) is 11.1 Å². The normalized spacial score (nSPS) is 10.3. The Labute approximate surface area is 103 Å². The zero-order valence-electron chi connectivity index (χ0n) is 10.6. The molecule has 17 heavy (non-hydrogen) atoms. The summed E-state index contributed by atoms with van der Waals surface area (Å²) in [6, 6.07) is 14.3. The van der Waals surface area contributed by atoms with E-state index in [9.17, 15) is 0 Å². The van der Waals surface area contributed by atoms with E-state index in [0.717, 1.165) is 11.4 Å². The smallest absolute Gasteiger partial charge is 0.0671 e. The fourth-order valence-electron chi connectivity index (χ4n) is 2.20. The number of hydrogen-bond acceptors (Lipinski definition) is 2. The molecule has 0 aromatic heterocycles. The third-order valence-corrected chi connectivity index (χ3v) is 3.08. The fourth-order valence-corrected chi connectivity index (χ4v) is 2.20. The van der Waals surface area contributed by atoms with Crippen molar-refractivity contribution in [3.8, 4) is 0 Å². The van der Waals surface area contributed by atoms with Crippen molar-refractivity contribution in [2.45, 2.75) is 13.8 Å². The van der Waals surface area contributed by atoms with Crippen molar-refractivity contribution in [1.82, 2.24) is 0 Å². The molecule has 0 saturated carbocycles. The number of rotatable bonds is 2. The molecule has 0 fully saturated rings. The summed E-state index contributed by atoms with van der Waals surface area (Å²) in [6.45, 7) is 4.20. The van der Waals surface area contributed by atoms with Crippen molar-refractivity contribution >= 4 is 17.1 Å². The standard InChI is InChI=1S/C15H18N2/c1-11-7-4-5-10-14(11)17(3)15-12(2)8-6-9-13(15)16/h4-10H,16H2,1-3H3. The Balaban J connectivity index is 2.51. The van der Waals surface area contributed by atoms with E-state index >= 15 is 0 Å². The van der Waals surface area contributed by atoms with Crippen LogP contribution in [-0.2, 0) is 0 Å². The highest BCUT2D eigenvalue weighted by Gasteiger charge is 2.11. The first-order valence-corrected chi connectivity index (χ1v) is 5.75. The van der Waals surface area contributed by atoms with Crippen LogP contribution in [0.25, 0.3) is 0 Å². The molecule has 0 saturated heterocycles. The predicted octanol–water partition coefficient (Wildman–Crippen LogP) is 3.65. The van der Waals surface area contributed by atoms with Gasteiger partial charge in [0.25, 0.3) is 0 Å². The van der Waals surface area contributed by atoms with E-state index in [1.807, 2.05) is 24.3 Å². The molecule has 2 aromatic rings. The van der Waals surface area contributed by atoms with Crippen LogP contribution >= 0.6 is 0 Å². The van der Waals surface area contributed by atoms with Crippen LogP contribution < -0.4 is 10.6 Å². The van der Waals surface area contributed by atoms with E-state index < -0.39 is 0 Å². The maximum Gasteiger partial charge on any atom is 0.0671 e. The summed E-state index contributed by atoms with van der Waals surface area (Å²) in [7, 11) is 2.06. The minimum atomic E-state index is 0.816. The molecule has 0 aliphatic heterocycles. The molecule has 0 spiro atoms. The zero-order valence-corrected chi connectivity index (χ0v) is 10.6. The molecule has 2 rings (SSSR count). The monoisotopic (exact) mass is 226 g/mol. The van der Waals surface area contributed by atoms with Crippen LogP contribution in [0, 0.1) is 13.8 Å². The summed E-state index contributed by atoms with van der Waals surface area (Å²) in [5.41, 5.74) is 11.6. The third-order valence-electron chi connectivity index (χ3n) is 3.08. The van der Waals surface area contributed by atoms with Gasteiger partial charge in [0.15, 0.2) is 0 Å². The Hall–Kier alpha value is -1.96. The second kappa shape index (κ2) is 4.50. The van der Waals surface area contributed by atoms with Gasteiger partial charge in [0.05, 0.1) is 11.4 Å². The topological polar surface area (TPSA) is 29.3 Å². The lowest BCUT2D eigenvalue weighted by atomic mass is 10.1. The Bertz CT molecular complexity index is 512. The number of nitrogens with two attached hydrogens (primary N) is 1. The molecular weight excluding hydrogens is 208 g/mol. The van der Waals surface area contributed by atoms with E-state index in [4.69, 9.17) is 5.73 Å². The average Bonchev–Trinajstić information content (AvgIpc) is 2.29. The lowest BCUT2D eigenvalue weighted by molar-refractivity contribution is 1.17. The number of benzene rings is 2. The molecule has 0 amide bonds. The molecule has 2 aromatic carbocycles. The van der Waals surface area contributed by atoms with Gasteiger partial charge in [-0.2, -0.15) is 0 Å². The minimum absolute atomic E-state index is 0.816. The summed E-state index contributed by atoms with van der Waals surface area (Å²) in [5, 5.41) is 0. The van der Waals surface area contributed by atoms with Gasteiger partial charge in [0.1, 0.15) is 0 Å². The predicted molar refractivity (Wildman–Crippen MR) is 74.8 cm³/mol. The molecule has 0 aliphatic carbocycles. The highest BCUT2D eigenvalue weighted by atomic mass is 15.1. The first kappa shape index (κ1) is 11.5. The van der Waals surface area contributed by atoms with E-state index in [2.05, 4.69) is 44.0 Å². The number of para-hydroxylation sites is 2. The maximum absolute atomic E-state index is 6.07. The zero-order chi connectivity index (χ0) is 12.4. The van der Waals surface area contributed by atoms with Crippen LogP contribution in [0.3, 0.4) is 0 Å². The molecule has 0 radical (unpaired) electrons. The maximum atomic E-state index is 6.07. The van der Waals surface area contributed by atoms with E-state index in [0.29, 0.717) is 0 Å². The molecule has 0 unspecified atom stereocenters. The highest BCUT2D eigenvalue weighted by molar-refractivity contribution is 5.78. The molecule has 88 valence electrons. The van der Waals surface area contributed by atoms with Crippen LogP contribution in [0.15, 0.2) is 42.5 Å². The van der Waals surface area contributed by atoms with Gasteiger partial charge in [-0.15, -0.1) is 0 Å².